The fourth-order valence-electron chi connectivity index (χ4n) is 3.22. The molecule has 1 amide bonds. The Balaban J connectivity index is 3.36. The summed E-state index contributed by atoms with van der Waals surface area (Å²) >= 11 is 0. The molecular weight excluding hydrogens is 502 g/mol. The molecule has 0 aliphatic rings. The minimum absolute atomic E-state index is 0.0334. The van der Waals surface area contributed by atoms with E-state index in [0.717, 1.165) is 0 Å². The van der Waals surface area contributed by atoms with Crippen LogP contribution in [0.15, 0.2) is 0 Å². The van der Waals surface area contributed by atoms with Crippen LogP contribution in [0.1, 0.15) is 58.3 Å². The summed E-state index contributed by atoms with van der Waals surface area (Å²) in [6.07, 6.45) is 3.42. The standard InChI is InChI=1S/C25H47N3O10/c1-2-27-22(25(33)34)9-8-20(29)6-5-12-35-14-16-37-18-19-38-17-15-36-13-10-23(30)28-11-4-3-7-21(26)24(31)32/h21-22,27H,2-19,26H2,1H3,(H,28,30)(H,31,32)(H,33,34). The average molecular weight is 550 g/mol. The van der Waals surface area contributed by atoms with Gasteiger partial charge in [-0.1, -0.05) is 6.92 Å². The molecule has 0 heterocycles. The first-order valence-electron chi connectivity index (χ1n) is 13.3. The number of rotatable bonds is 28. The van der Waals surface area contributed by atoms with Crippen molar-refractivity contribution < 1.29 is 48.3 Å². The molecule has 0 saturated heterocycles. The molecule has 6 N–H and O–H groups in total. The van der Waals surface area contributed by atoms with Crippen molar-refractivity contribution in [1.29, 1.82) is 0 Å². The Labute approximate surface area is 225 Å². The van der Waals surface area contributed by atoms with Gasteiger partial charge in [0.25, 0.3) is 0 Å². The van der Waals surface area contributed by atoms with E-state index < -0.39 is 24.0 Å². The Morgan fingerprint density at radius 1 is 0.711 bits per heavy atom. The normalized spacial score (nSPS) is 12.7. The monoisotopic (exact) mass is 549 g/mol. The second-order valence-electron chi connectivity index (χ2n) is 8.62. The number of hydrogen-bond acceptors (Lipinski definition) is 10. The first-order valence-corrected chi connectivity index (χ1v) is 13.3. The SMILES string of the molecule is CCNC(CCC(=O)CCCOCCOCCOCCOCCC(=O)NCCCCC(N)C(=O)O)C(=O)O. The highest BCUT2D eigenvalue weighted by atomic mass is 16.6. The van der Waals surface area contributed by atoms with Gasteiger partial charge >= 0.3 is 11.9 Å². The number of carbonyl (C=O) groups is 4. The van der Waals surface area contributed by atoms with Crippen LogP contribution in [-0.4, -0.2) is 112 Å². The smallest absolute Gasteiger partial charge is 0.320 e. The van der Waals surface area contributed by atoms with Crippen molar-refractivity contribution in [2.75, 3.05) is 65.9 Å². The number of Topliss-reactive ketones (excluding diaryl/α,β-unsaturated/α-hetero) is 1. The zero-order valence-corrected chi connectivity index (χ0v) is 22.6. The summed E-state index contributed by atoms with van der Waals surface area (Å²) in [4.78, 5) is 45.2. The second-order valence-corrected chi connectivity index (χ2v) is 8.62. The zero-order valence-electron chi connectivity index (χ0n) is 22.6. The maximum atomic E-state index is 11.9. The highest BCUT2D eigenvalue weighted by Gasteiger charge is 2.17. The van der Waals surface area contributed by atoms with Gasteiger partial charge in [0, 0.05) is 32.4 Å². The van der Waals surface area contributed by atoms with Crippen LogP contribution in [0, 0.1) is 0 Å². The Kier molecular flexibility index (Phi) is 23.7. The third kappa shape index (κ3) is 23.0. The van der Waals surface area contributed by atoms with Crippen LogP contribution in [0.3, 0.4) is 0 Å². The van der Waals surface area contributed by atoms with Crippen LogP contribution in [0.2, 0.25) is 0 Å². The first kappa shape index (κ1) is 35.8. The Hall–Kier alpha value is -2.16. The molecule has 2 unspecified atom stereocenters. The van der Waals surface area contributed by atoms with E-state index in [9.17, 15) is 19.2 Å². The number of hydrogen-bond donors (Lipinski definition) is 5. The number of carboxylic acid groups (broad SMARTS) is 2. The summed E-state index contributed by atoms with van der Waals surface area (Å²) in [5, 5.41) is 23.3. The number of ether oxygens (including phenoxy) is 4. The van der Waals surface area contributed by atoms with Crippen LogP contribution in [-0.2, 0) is 38.1 Å². The van der Waals surface area contributed by atoms with Crippen molar-refractivity contribution in [3.05, 3.63) is 0 Å². The summed E-state index contributed by atoms with van der Waals surface area (Å²) < 4.78 is 21.6. The molecule has 38 heavy (non-hydrogen) atoms. The van der Waals surface area contributed by atoms with Crippen molar-refractivity contribution in [3.8, 4) is 0 Å². The number of nitrogens with two attached hydrogens (primary N) is 1. The molecule has 0 aromatic rings. The summed E-state index contributed by atoms with van der Waals surface area (Å²) in [6, 6.07) is -1.54. The zero-order chi connectivity index (χ0) is 28.4. The van der Waals surface area contributed by atoms with Gasteiger partial charge in [0.1, 0.15) is 17.9 Å². The molecule has 0 fully saturated rings. The molecular formula is C25H47N3O10. The third-order valence-corrected chi connectivity index (χ3v) is 5.38. The summed E-state index contributed by atoms with van der Waals surface area (Å²) in [6.45, 7) is 5.99. The van der Waals surface area contributed by atoms with E-state index >= 15 is 0 Å². The largest absolute Gasteiger partial charge is 0.480 e. The number of ketones is 1. The van der Waals surface area contributed by atoms with E-state index in [1.54, 1.807) is 0 Å². The fraction of sp³-hybridized carbons (Fsp3) is 0.840. The lowest BCUT2D eigenvalue weighted by Gasteiger charge is -2.12. The molecule has 0 aliphatic heterocycles. The minimum Gasteiger partial charge on any atom is -0.480 e. The molecule has 0 saturated carbocycles. The van der Waals surface area contributed by atoms with E-state index in [1.165, 1.54) is 0 Å². The van der Waals surface area contributed by atoms with Gasteiger partial charge in [-0.25, -0.2) is 0 Å². The number of carboxylic acids is 2. The molecule has 0 bridgehead atoms. The highest BCUT2D eigenvalue weighted by molar-refractivity contribution is 5.80. The van der Waals surface area contributed by atoms with Gasteiger partial charge in [-0.2, -0.15) is 0 Å². The quantitative estimate of drug-likeness (QED) is 0.0840. The van der Waals surface area contributed by atoms with E-state index in [4.69, 9.17) is 34.9 Å². The number of nitrogens with one attached hydrogen (secondary N) is 2. The molecule has 0 rings (SSSR count). The van der Waals surface area contributed by atoms with Crippen LogP contribution in [0.4, 0.5) is 0 Å². The van der Waals surface area contributed by atoms with Crippen LogP contribution in [0.5, 0.6) is 0 Å². The number of likely N-dealkylation sites (N-methyl/N-ethyl adjacent to an activating group) is 1. The maximum Gasteiger partial charge on any atom is 0.320 e. The van der Waals surface area contributed by atoms with Gasteiger partial charge in [0.2, 0.25) is 5.91 Å². The van der Waals surface area contributed by atoms with Crippen molar-refractivity contribution in [1.82, 2.24) is 10.6 Å². The lowest BCUT2D eigenvalue weighted by Crippen LogP contribution is -2.36. The van der Waals surface area contributed by atoms with Crippen LogP contribution >= 0.6 is 0 Å². The van der Waals surface area contributed by atoms with Gasteiger partial charge in [0.15, 0.2) is 0 Å². The molecule has 13 heteroatoms. The van der Waals surface area contributed by atoms with Gasteiger partial charge in [-0.05, 0) is 38.6 Å². The molecule has 13 nitrogen and oxygen atoms in total. The molecule has 0 spiro atoms. The lowest BCUT2D eigenvalue weighted by atomic mass is 10.1. The predicted molar refractivity (Wildman–Crippen MR) is 139 cm³/mol. The van der Waals surface area contributed by atoms with E-state index in [-0.39, 0.29) is 31.1 Å². The van der Waals surface area contributed by atoms with Crippen molar-refractivity contribution >= 4 is 23.6 Å². The Morgan fingerprint density at radius 2 is 1.29 bits per heavy atom. The Morgan fingerprint density at radius 3 is 1.84 bits per heavy atom. The minimum atomic E-state index is -1.01. The molecule has 2 atom stereocenters. The molecule has 222 valence electrons. The summed E-state index contributed by atoms with van der Waals surface area (Å²) in [5.74, 6) is -2.04. The Bertz CT molecular complexity index is 651. The fourth-order valence-corrected chi connectivity index (χ4v) is 3.22. The first-order chi connectivity index (χ1) is 18.3. The van der Waals surface area contributed by atoms with Gasteiger partial charge < -0.3 is 45.5 Å². The molecule has 0 aliphatic carbocycles. The lowest BCUT2D eigenvalue weighted by molar-refractivity contribution is -0.140. The van der Waals surface area contributed by atoms with Gasteiger partial charge in [0.05, 0.1) is 46.2 Å². The maximum absolute atomic E-state index is 11.9. The highest BCUT2D eigenvalue weighted by Crippen LogP contribution is 2.03. The summed E-state index contributed by atoms with van der Waals surface area (Å²) in [5.41, 5.74) is 5.41. The number of carbonyl (C=O) groups excluding carboxylic acids is 2. The summed E-state index contributed by atoms with van der Waals surface area (Å²) in [7, 11) is 0. The van der Waals surface area contributed by atoms with Gasteiger partial charge in [-0.15, -0.1) is 0 Å². The second kappa shape index (κ2) is 25.1. The average Bonchev–Trinajstić information content (AvgIpc) is 2.88. The number of amides is 1. The molecule has 0 aromatic carbocycles. The third-order valence-electron chi connectivity index (χ3n) is 5.38. The van der Waals surface area contributed by atoms with Crippen LogP contribution in [0.25, 0.3) is 0 Å². The van der Waals surface area contributed by atoms with Crippen molar-refractivity contribution in [2.45, 2.75) is 70.4 Å². The van der Waals surface area contributed by atoms with E-state index in [2.05, 4.69) is 10.6 Å². The van der Waals surface area contributed by atoms with Gasteiger partial charge in [-0.3, -0.25) is 19.2 Å². The number of aliphatic carboxylic acids is 2. The van der Waals surface area contributed by atoms with Crippen molar-refractivity contribution in [2.24, 2.45) is 5.73 Å². The van der Waals surface area contributed by atoms with Crippen molar-refractivity contribution in [3.63, 3.8) is 0 Å². The molecule has 0 aromatic heterocycles. The molecule has 0 radical (unpaired) electrons. The number of unbranched alkanes of at least 4 members (excludes halogenated alkanes) is 1. The van der Waals surface area contributed by atoms with Crippen LogP contribution < -0.4 is 16.4 Å². The van der Waals surface area contributed by atoms with E-state index in [0.29, 0.717) is 97.9 Å². The predicted octanol–water partition coefficient (Wildman–Crippen LogP) is 0.334. The van der Waals surface area contributed by atoms with E-state index in [1.807, 2.05) is 6.92 Å². The topological polar surface area (TPSA) is 196 Å².